The number of nitrogens with zero attached hydrogens (tertiary/aromatic N) is 4. The Morgan fingerprint density at radius 3 is 2.68 bits per heavy atom. The maximum Gasteiger partial charge on any atom is 0.222 e. The normalized spacial score (nSPS) is 18.7. The molecule has 2 aliphatic heterocycles. The quantitative estimate of drug-likeness (QED) is 0.688. The lowest BCUT2D eigenvalue weighted by atomic mass is 9.98. The summed E-state index contributed by atoms with van der Waals surface area (Å²) >= 11 is 0. The van der Waals surface area contributed by atoms with Gasteiger partial charge in [-0.1, -0.05) is 17.7 Å². The second-order valence-corrected chi connectivity index (χ2v) is 8.47. The van der Waals surface area contributed by atoms with Crippen molar-refractivity contribution in [2.45, 2.75) is 39.0 Å². The van der Waals surface area contributed by atoms with Crippen molar-refractivity contribution in [3.05, 3.63) is 41.6 Å². The van der Waals surface area contributed by atoms with Gasteiger partial charge >= 0.3 is 0 Å². The molecule has 3 heterocycles. The van der Waals surface area contributed by atoms with E-state index in [9.17, 15) is 14.4 Å². The third-order valence-electron chi connectivity index (χ3n) is 6.25. The van der Waals surface area contributed by atoms with Crippen LogP contribution in [0.3, 0.4) is 0 Å². The van der Waals surface area contributed by atoms with Gasteiger partial charge in [0.25, 0.3) is 0 Å². The van der Waals surface area contributed by atoms with E-state index in [2.05, 4.69) is 5.10 Å². The van der Waals surface area contributed by atoms with E-state index in [1.807, 2.05) is 36.1 Å². The summed E-state index contributed by atoms with van der Waals surface area (Å²) in [6.07, 6.45) is 4.74. The predicted octanol–water partition coefficient (Wildman–Crippen LogP) is 2.20. The first-order chi connectivity index (χ1) is 14.9. The van der Waals surface area contributed by atoms with E-state index in [1.165, 1.54) is 6.20 Å². The van der Waals surface area contributed by atoms with Gasteiger partial charge in [-0.15, -0.1) is 0 Å². The number of ketones is 1. The van der Waals surface area contributed by atoms with E-state index in [-0.39, 0.29) is 23.5 Å². The van der Waals surface area contributed by atoms with Crippen molar-refractivity contribution in [2.75, 3.05) is 31.9 Å². The first kappa shape index (κ1) is 21.1. The lowest BCUT2D eigenvalue weighted by Gasteiger charge is -2.18. The van der Waals surface area contributed by atoms with Gasteiger partial charge in [0.2, 0.25) is 11.8 Å². The number of Topliss-reactive ketones (excluding diaryl/α,β-unsaturated/α-hetero) is 1. The molecule has 1 atom stereocenters. The number of hydrogen-bond acceptors (Lipinski definition) is 5. The fourth-order valence-corrected chi connectivity index (χ4v) is 4.38. The number of carbonyl (C=O) groups excluding carboxylic acids is 3. The zero-order chi connectivity index (χ0) is 22.0. The van der Waals surface area contributed by atoms with Crippen molar-refractivity contribution >= 4 is 23.4 Å². The van der Waals surface area contributed by atoms with Crippen LogP contribution in [0.15, 0.2) is 30.5 Å². The van der Waals surface area contributed by atoms with Crippen LogP contribution in [-0.2, 0) is 9.59 Å². The minimum Gasteiger partial charge on any atom is -0.383 e. The molecule has 1 aromatic heterocycles. The molecule has 31 heavy (non-hydrogen) atoms. The van der Waals surface area contributed by atoms with Crippen LogP contribution in [0.5, 0.6) is 0 Å². The molecular weight excluding hydrogens is 394 g/mol. The lowest BCUT2D eigenvalue weighted by Crippen LogP contribution is -2.31. The molecular formula is C23H29N5O3. The van der Waals surface area contributed by atoms with Gasteiger partial charge < -0.3 is 15.5 Å². The summed E-state index contributed by atoms with van der Waals surface area (Å²) in [5, 5.41) is 4.30. The molecule has 164 valence electrons. The molecule has 2 aliphatic rings. The Hall–Kier alpha value is -3.16. The number of amides is 2. The van der Waals surface area contributed by atoms with Gasteiger partial charge in [0.1, 0.15) is 5.82 Å². The minimum absolute atomic E-state index is 0.0465. The summed E-state index contributed by atoms with van der Waals surface area (Å²) < 4.78 is 1.57. The summed E-state index contributed by atoms with van der Waals surface area (Å²) in [6.45, 7) is 4.42. The maximum atomic E-state index is 13.0. The fraction of sp³-hybridized carbons (Fsp3) is 0.478. The number of anilines is 1. The number of carbonyl (C=O) groups is 3. The molecule has 0 radical (unpaired) electrons. The highest BCUT2D eigenvalue weighted by atomic mass is 16.2. The molecule has 2 amide bonds. The topological polar surface area (TPSA) is 102 Å². The van der Waals surface area contributed by atoms with E-state index in [1.54, 1.807) is 9.58 Å². The monoisotopic (exact) mass is 423 g/mol. The van der Waals surface area contributed by atoms with Crippen LogP contribution in [0.25, 0.3) is 5.69 Å². The van der Waals surface area contributed by atoms with Gasteiger partial charge in [-0.3, -0.25) is 14.4 Å². The molecule has 2 aromatic rings. The number of likely N-dealkylation sites (tertiary alicyclic amines) is 2. The van der Waals surface area contributed by atoms with Crippen molar-refractivity contribution in [1.29, 1.82) is 0 Å². The predicted molar refractivity (Wildman–Crippen MR) is 117 cm³/mol. The maximum absolute atomic E-state index is 13.0. The summed E-state index contributed by atoms with van der Waals surface area (Å²) in [5.74, 6) is 0.234. The highest BCUT2D eigenvalue weighted by molar-refractivity contribution is 6.02. The number of nitrogen functional groups attached to an aromatic ring is 1. The summed E-state index contributed by atoms with van der Waals surface area (Å²) in [7, 11) is 0. The van der Waals surface area contributed by atoms with Gasteiger partial charge in [-0.25, -0.2) is 4.68 Å². The van der Waals surface area contributed by atoms with Crippen LogP contribution >= 0.6 is 0 Å². The second kappa shape index (κ2) is 8.91. The average Bonchev–Trinajstić information content (AvgIpc) is 3.49. The molecule has 2 fully saturated rings. The first-order valence-electron chi connectivity index (χ1n) is 10.9. The van der Waals surface area contributed by atoms with E-state index in [0.29, 0.717) is 56.7 Å². The zero-order valence-electron chi connectivity index (χ0n) is 17.9. The largest absolute Gasteiger partial charge is 0.383 e. The van der Waals surface area contributed by atoms with Crippen LogP contribution in [0, 0.1) is 12.8 Å². The number of aryl methyl sites for hydroxylation is 1. The number of rotatable bonds is 7. The van der Waals surface area contributed by atoms with Crippen molar-refractivity contribution in [3.8, 4) is 5.69 Å². The van der Waals surface area contributed by atoms with Gasteiger partial charge in [-0.2, -0.15) is 5.10 Å². The molecule has 0 saturated carbocycles. The smallest absolute Gasteiger partial charge is 0.222 e. The molecule has 0 aliphatic carbocycles. The van der Waals surface area contributed by atoms with Gasteiger partial charge in [0.05, 0.1) is 17.4 Å². The molecule has 0 bridgehead atoms. The van der Waals surface area contributed by atoms with Crippen LogP contribution in [0.2, 0.25) is 0 Å². The third-order valence-corrected chi connectivity index (χ3v) is 6.25. The molecule has 8 nitrogen and oxygen atoms in total. The highest BCUT2D eigenvalue weighted by Gasteiger charge is 2.33. The molecule has 0 unspecified atom stereocenters. The fourth-order valence-electron chi connectivity index (χ4n) is 4.38. The van der Waals surface area contributed by atoms with E-state index >= 15 is 0 Å². The second-order valence-electron chi connectivity index (χ2n) is 8.47. The Kier molecular flexibility index (Phi) is 6.06. The van der Waals surface area contributed by atoms with E-state index in [4.69, 9.17) is 5.73 Å². The third kappa shape index (κ3) is 4.47. The summed E-state index contributed by atoms with van der Waals surface area (Å²) in [6, 6.07) is 7.77. The highest BCUT2D eigenvalue weighted by Crippen LogP contribution is 2.26. The lowest BCUT2D eigenvalue weighted by molar-refractivity contribution is -0.131. The van der Waals surface area contributed by atoms with Crippen LogP contribution in [0.1, 0.15) is 48.0 Å². The first-order valence-corrected chi connectivity index (χ1v) is 10.9. The Balaban J connectivity index is 1.32. The van der Waals surface area contributed by atoms with Gasteiger partial charge in [0, 0.05) is 44.9 Å². The molecule has 1 aromatic carbocycles. The average molecular weight is 424 g/mol. The zero-order valence-corrected chi connectivity index (χ0v) is 17.9. The Bertz CT molecular complexity index is 982. The van der Waals surface area contributed by atoms with Gasteiger partial charge in [-0.05, 0) is 38.3 Å². The molecule has 4 rings (SSSR count). The number of aromatic nitrogens is 2. The molecule has 2 N–H and O–H groups in total. The van der Waals surface area contributed by atoms with E-state index in [0.717, 1.165) is 24.2 Å². The van der Waals surface area contributed by atoms with Crippen LogP contribution < -0.4 is 5.73 Å². The number of benzene rings is 1. The SMILES string of the molecule is Cc1ccc(-n2ncc(C(=O)[C@@H]3CCN(C(=O)CCCN4CCCC4=O)C3)c2N)cc1. The van der Waals surface area contributed by atoms with Crippen molar-refractivity contribution < 1.29 is 14.4 Å². The Labute approximate surface area is 182 Å². The van der Waals surface area contributed by atoms with Crippen LogP contribution in [-0.4, -0.2) is 63.4 Å². The minimum atomic E-state index is -0.262. The molecule has 0 spiro atoms. The number of nitrogens with two attached hydrogens (primary N) is 1. The molecule has 8 heteroatoms. The number of hydrogen-bond donors (Lipinski definition) is 1. The van der Waals surface area contributed by atoms with Crippen molar-refractivity contribution in [1.82, 2.24) is 19.6 Å². The Morgan fingerprint density at radius 1 is 1.19 bits per heavy atom. The van der Waals surface area contributed by atoms with Crippen molar-refractivity contribution in [2.24, 2.45) is 5.92 Å². The van der Waals surface area contributed by atoms with E-state index < -0.39 is 0 Å². The molecule has 2 saturated heterocycles. The van der Waals surface area contributed by atoms with Crippen LogP contribution in [0.4, 0.5) is 5.82 Å². The summed E-state index contributed by atoms with van der Waals surface area (Å²) in [4.78, 5) is 40.9. The summed E-state index contributed by atoms with van der Waals surface area (Å²) in [5.41, 5.74) is 8.59. The van der Waals surface area contributed by atoms with Crippen molar-refractivity contribution in [3.63, 3.8) is 0 Å². The Morgan fingerprint density at radius 2 is 1.97 bits per heavy atom. The standard InChI is InChI=1S/C23H29N5O3/c1-16-6-8-18(9-7-16)28-23(24)19(14-25-28)22(31)17-10-13-27(15-17)21(30)5-3-12-26-11-2-4-20(26)29/h6-9,14,17H,2-5,10-13,15,24H2,1H3/t17-/m1/s1. The van der Waals surface area contributed by atoms with Gasteiger partial charge in [0.15, 0.2) is 5.78 Å².